The van der Waals surface area contributed by atoms with Gasteiger partial charge in [0.05, 0.1) is 23.3 Å². The lowest BCUT2D eigenvalue weighted by Gasteiger charge is -2.09. The Morgan fingerprint density at radius 1 is 1.10 bits per heavy atom. The molecule has 0 fully saturated rings. The second-order valence-corrected chi connectivity index (χ2v) is 6.70. The summed E-state index contributed by atoms with van der Waals surface area (Å²) in [7, 11) is 1.64. The lowest BCUT2D eigenvalue weighted by molar-refractivity contribution is 0.0951. The van der Waals surface area contributed by atoms with Gasteiger partial charge in [0.15, 0.2) is 0 Å². The molecular weight excluding hydrogens is 380 g/mol. The van der Waals surface area contributed by atoms with Crippen molar-refractivity contribution in [2.75, 3.05) is 20.3 Å². The number of carbonyl (C=O) groups is 1. The van der Waals surface area contributed by atoms with Gasteiger partial charge in [-0.05, 0) is 42.0 Å². The average molecular weight is 402 g/mol. The summed E-state index contributed by atoms with van der Waals surface area (Å²) >= 11 is 0. The number of fused-ring (bicyclic) bond motifs is 1. The van der Waals surface area contributed by atoms with Crippen molar-refractivity contribution in [3.05, 3.63) is 84.4 Å². The van der Waals surface area contributed by atoms with Gasteiger partial charge in [0.25, 0.3) is 5.91 Å². The Morgan fingerprint density at radius 2 is 2.03 bits per heavy atom. The predicted molar refractivity (Wildman–Crippen MR) is 114 cm³/mol. The highest BCUT2D eigenvalue weighted by atomic mass is 16.5. The van der Waals surface area contributed by atoms with Gasteiger partial charge >= 0.3 is 0 Å². The SMILES string of the molecule is COCCOc1cccc(-n2cnc3cc(C(=O)NCc4cccnc4)ccc32)c1. The normalized spacial score (nSPS) is 10.8. The minimum atomic E-state index is -0.149. The monoisotopic (exact) mass is 402 g/mol. The number of methoxy groups -OCH3 is 1. The van der Waals surface area contributed by atoms with Crippen molar-refractivity contribution < 1.29 is 14.3 Å². The van der Waals surface area contributed by atoms with E-state index in [2.05, 4.69) is 15.3 Å². The summed E-state index contributed by atoms with van der Waals surface area (Å²) in [6, 6.07) is 17.0. The second-order valence-electron chi connectivity index (χ2n) is 6.70. The Hall–Kier alpha value is -3.71. The first-order valence-corrected chi connectivity index (χ1v) is 9.61. The van der Waals surface area contributed by atoms with Gasteiger partial charge in [0, 0.05) is 37.7 Å². The summed E-state index contributed by atoms with van der Waals surface area (Å²) in [6.07, 6.45) is 5.19. The smallest absolute Gasteiger partial charge is 0.251 e. The third-order valence-corrected chi connectivity index (χ3v) is 4.64. The molecular formula is C23H22N4O3. The van der Waals surface area contributed by atoms with Gasteiger partial charge in [-0.3, -0.25) is 14.3 Å². The highest BCUT2D eigenvalue weighted by Gasteiger charge is 2.11. The molecule has 2 aromatic heterocycles. The molecule has 0 aliphatic heterocycles. The number of ether oxygens (including phenoxy) is 2. The van der Waals surface area contributed by atoms with Crippen LogP contribution in [0.2, 0.25) is 0 Å². The molecule has 0 aliphatic rings. The maximum Gasteiger partial charge on any atom is 0.251 e. The lowest BCUT2D eigenvalue weighted by atomic mass is 10.1. The quantitative estimate of drug-likeness (QED) is 0.457. The van der Waals surface area contributed by atoms with E-state index in [-0.39, 0.29) is 5.91 Å². The van der Waals surface area contributed by atoms with E-state index in [4.69, 9.17) is 9.47 Å². The van der Waals surface area contributed by atoms with Crippen molar-refractivity contribution in [2.45, 2.75) is 6.54 Å². The molecule has 2 aromatic carbocycles. The van der Waals surface area contributed by atoms with Crippen molar-refractivity contribution in [3.63, 3.8) is 0 Å². The average Bonchev–Trinajstić information content (AvgIpc) is 3.22. The molecule has 1 N–H and O–H groups in total. The highest BCUT2D eigenvalue weighted by molar-refractivity contribution is 5.97. The zero-order chi connectivity index (χ0) is 20.8. The van der Waals surface area contributed by atoms with Crippen molar-refractivity contribution in [1.82, 2.24) is 19.9 Å². The van der Waals surface area contributed by atoms with Crippen LogP contribution in [0.4, 0.5) is 0 Å². The van der Waals surface area contributed by atoms with E-state index in [1.807, 2.05) is 47.0 Å². The zero-order valence-electron chi connectivity index (χ0n) is 16.6. The standard InChI is InChI=1S/C23H22N4O3/c1-29-10-11-30-20-6-2-5-19(13-20)27-16-26-21-12-18(7-8-22(21)27)23(28)25-15-17-4-3-9-24-14-17/h2-9,12-14,16H,10-11,15H2,1H3,(H,25,28). The van der Waals surface area contributed by atoms with Crippen LogP contribution in [0.5, 0.6) is 5.75 Å². The number of aromatic nitrogens is 3. The van der Waals surface area contributed by atoms with Crippen molar-refractivity contribution >= 4 is 16.9 Å². The molecule has 0 saturated carbocycles. The summed E-state index contributed by atoms with van der Waals surface area (Å²) in [5, 5.41) is 2.91. The van der Waals surface area contributed by atoms with Crippen LogP contribution in [-0.2, 0) is 11.3 Å². The highest BCUT2D eigenvalue weighted by Crippen LogP contribution is 2.22. The van der Waals surface area contributed by atoms with E-state index in [0.29, 0.717) is 25.3 Å². The number of nitrogens with one attached hydrogen (secondary N) is 1. The van der Waals surface area contributed by atoms with Gasteiger partial charge in [-0.1, -0.05) is 12.1 Å². The maximum atomic E-state index is 12.5. The molecule has 1 amide bonds. The van der Waals surface area contributed by atoms with Crippen LogP contribution < -0.4 is 10.1 Å². The number of hydrogen-bond donors (Lipinski definition) is 1. The van der Waals surface area contributed by atoms with Crippen molar-refractivity contribution in [3.8, 4) is 11.4 Å². The van der Waals surface area contributed by atoms with Gasteiger partial charge in [-0.15, -0.1) is 0 Å². The van der Waals surface area contributed by atoms with Crippen LogP contribution >= 0.6 is 0 Å². The minimum absolute atomic E-state index is 0.149. The molecule has 0 spiro atoms. The molecule has 7 heteroatoms. The topological polar surface area (TPSA) is 78.3 Å². The summed E-state index contributed by atoms with van der Waals surface area (Å²) < 4.78 is 12.7. The van der Waals surface area contributed by atoms with E-state index < -0.39 is 0 Å². The number of pyridine rings is 1. The summed E-state index contributed by atoms with van der Waals surface area (Å²) in [5.41, 5.74) is 4.10. The first-order chi connectivity index (χ1) is 14.7. The molecule has 152 valence electrons. The largest absolute Gasteiger partial charge is 0.491 e. The summed E-state index contributed by atoms with van der Waals surface area (Å²) in [6.45, 7) is 1.45. The van der Waals surface area contributed by atoms with Crippen LogP contribution in [-0.4, -0.2) is 40.8 Å². The van der Waals surface area contributed by atoms with Gasteiger partial charge in [0.2, 0.25) is 0 Å². The van der Waals surface area contributed by atoms with E-state index in [1.165, 1.54) is 0 Å². The Kier molecular flexibility index (Phi) is 6.01. The lowest BCUT2D eigenvalue weighted by Crippen LogP contribution is -2.22. The number of imidazole rings is 1. The number of hydrogen-bond acceptors (Lipinski definition) is 5. The van der Waals surface area contributed by atoms with Gasteiger partial charge < -0.3 is 14.8 Å². The maximum absolute atomic E-state index is 12.5. The number of amides is 1. The minimum Gasteiger partial charge on any atom is -0.491 e. The van der Waals surface area contributed by atoms with Crippen molar-refractivity contribution in [1.29, 1.82) is 0 Å². The number of carbonyl (C=O) groups excluding carboxylic acids is 1. The van der Waals surface area contributed by atoms with E-state index in [0.717, 1.165) is 28.0 Å². The van der Waals surface area contributed by atoms with Crippen LogP contribution in [0.15, 0.2) is 73.3 Å². The van der Waals surface area contributed by atoms with E-state index >= 15 is 0 Å². The molecule has 2 heterocycles. The van der Waals surface area contributed by atoms with Gasteiger partial charge in [-0.2, -0.15) is 0 Å². The third-order valence-electron chi connectivity index (χ3n) is 4.64. The number of nitrogens with zero attached hydrogens (tertiary/aromatic N) is 3. The van der Waals surface area contributed by atoms with Crippen LogP contribution in [0.3, 0.4) is 0 Å². The molecule has 0 atom stereocenters. The van der Waals surface area contributed by atoms with Crippen LogP contribution in [0.1, 0.15) is 15.9 Å². The van der Waals surface area contributed by atoms with E-state index in [1.54, 1.807) is 38.0 Å². The Balaban J connectivity index is 1.51. The fourth-order valence-electron chi connectivity index (χ4n) is 3.11. The van der Waals surface area contributed by atoms with Crippen LogP contribution in [0.25, 0.3) is 16.7 Å². The molecule has 0 aliphatic carbocycles. The van der Waals surface area contributed by atoms with Gasteiger partial charge in [0.1, 0.15) is 18.7 Å². The number of rotatable bonds is 8. The first-order valence-electron chi connectivity index (χ1n) is 9.61. The summed E-state index contributed by atoms with van der Waals surface area (Å²) in [5.74, 6) is 0.613. The summed E-state index contributed by atoms with van der Waals surface area (Å²) in [4.78, 5) is 21.0. The Bertz CT molecular complexity index is 1140. The van der Waals surface area contributed by atoms with Crippen LogP contribution in [0, 0.1) is 0 Å². The number of benzene rings is 2. The van der Waals surface area contributed by atoms with Crippen molar-refractivity contribution in [2.24, 2.45) is 0 Å². The predicted octanol–water partition coefficient (Wildman–Crippen LogP) is 3.38. The molecule has 0 bridgehead atoms. The Labute approximate surface area is 174 Å². The fourth-order valence-corrected chi connectivity index (χ4v) is 3.11. The second kappa shape index (κ2) is 9.19. The van der Waals surface area contributed by atoms with Gasteiger partial charge in [-0.25, -0.2) is 4.98 Å². The molecule has 0 saturated heterocycles. The van der Waals surface area contributed by atoms with E-state index in [9.17, 15) is 4.79 Å². The molecule has 0 radical (unpaired) electrons. The fraction of sp³-hybridized carbons (Fsp3) is 0.174. The molecule has 4 aromatic rings. The molecule has 7 nitrogen and oxygen atoms in total. The Morgan fingerprint density at radius 3 is 2.87 bits per heavy atom. The molecule has 30 heavy (non-hydrogen) atoms. The zero-order valence-corrected chi connectivity index (χ0v) is 16.6. The third kappa shape index (κ3) is 4.47. The molecule has 0 unspecified atom stereocenters. The molecule has 4 rings (SSSR count). The first kappa shape index (κ1) is 19.6.